The van der Waals surface area contributed by atoms with Gasteiger partial charge in [-0.05, 0) is 0 Å². The fourth-order valence-corrected chi connectivity index (χ4v) is 0. The van der Waals surface area contributed by atoms with E-state index in [4.69, 9.17) is 0 Å². The molecule has 60 valence electrons. The van der Waals surface area contributed by atoms with Gasteiger partial charge in [-0.1, -0.05) is 0 Å². The molecule has 0 spiro atoms. The maximum Gasteiger partial charge on any atom is 2.00 e. The zero-order valence-electron chi connectivity index (χ0n) is 3.38. The molecular formula is H3F6NW-4. The fraction of sp³-hybridized carbons (Fsp3) is 0. The molecule has 0 rings (SSSR count). The Balaban J connectivity index is 0. The zero-order valence-corrected chi connectivity index (χ0v) is 6.32. The Bertz CT molecular complexity index is 8.49. The zero-order chi connectivity index (χ0) is 0. The van der Waals surface area contributed by atoms with Gasteiger partial charge < -0.3 is 34.4 Å². The van der Waals surface area contributed by atoms with Crippen LogP contribution in [-0.2, 0) is 21.1 Å². The third-order valence-corrected chi connectivity index (χ3v) is 0. The molecule has 0 saturated carbocycles. The van der Waals surface area contributed by atoms with E-state index in [-0.39, 0.29) is 55.4 Å². The molecule has 0 aromatic carbocycles. The molecule has 0 aliphatic carbocycles. The largest absolute Gasteiger partial charge is 2.00 e. The summed E-state index contributed by atoms with van der Waals surface area (Å²) < 4.78 is 0. The van der Waals surface area contributed by atoms with Gasteiger partial charge in [0.1, 0.15) is 0 Å². The molecule has 0 aliphatic rings. The van der Waals surface area contributed by atoms with Crippen molar-refractivity contribution in [2.45, 2.75) is 0 Å². The van der Waals surface area contributed by atoms with Crippen molar-refractivity contribution in [2.75, 3.05) is 0 Å². The Morgan fingerprint density at radius 3 is 0.375 bits per heavy atom. The Morgan fingerprint density at radius 2 is 0.375 bits per heavy atom. The van der Waals surface area contributed by atoms with Crippen LogP contribution in [0.2, 0.25) is 0 Å². The van der Waals surface area contributed by atoms with Crippen molar-refractivity contribution in [3.05, 3.63) is 0 Å². The van der Waals surface area contributed by atoms with Crippen molar-refractivity contribution in [1.82, 2.24) is 6.15 Å². The third kappa shape index (κ3) is 3270. The third-order valence-electron chi connectivity index (χ3n) is 0. The predicted molar refractivity (Wildman–Crippen MR) is 5.02 cm³/mol. The smallest absolute Gasteiger partial charge is 1.00 e. The Labute approximate surface area is 56.3 Å². The van der Waals surface area contributed by atoms with Crippen LogP contribution < -0.4 is 34.4 Å². The van der Waals surface area contributed by atoms with Crippen LogP contribution in [0.5, 0.6) is 0 Å². The molecule has 0 aliphatic heterocycles. The first-order chi connectivity index (χ1) is 0. The molecular weight excluding hydrogens is 312 g/mol. The van der Waals surface area contributed by atoms with Gasteiger partial charge in [-0.2, -0.15) is 0 Å². The quantitative estimate of drug-likeness (QED) is 0.443. The fourth-order valence-electron chi connectivity index (χ4n) is 0. The molecule has 0 saturated heterocycles. The van der Waals surface area contributed by atoms with Crippen molar-refractivity contribution in [3.63, 3.8) is 0 Å². The first-order valence-corrected chi connectivity index (χ1v) is 0. The maximum atomic E-state index is 0. The van der Waals surface area contributed by atoms with E-state index in [1.54, 1.807) is 0 Å². The summed E-state index contributed by atoms with van der Waals surface area (Å²) in [5.41, 5.74) is 0. The Morgan fingerprint density at radius 1 is 0.375 bits per heavy atom. The first-order valence-electron chi connectivity index (χ1n) is 0. The van der Waals surface area contributed by atoms with Gasteiger partial charge in [0.15, 0.2) is 0 Å². The van der Waals surface area contributed by atoms with Gasteiger partial charge in [0.05, 0.1) is 0 Å². The second-order valence-corrected chi connectivity index (χ2v) is 0. The average molecular weight is 315 g/mol. The van der Waals surface area contributed by atoms with Gasteiger partial charge in [0, 0.05) is 0 Å². The molecule has 0 fully saturated rings. The first kappa shape index (κ1) is 8250. The molecule has 8 heteroatoms. The average Bonchev–Trinajstić information content (AvgIpc) is 0. The standard InChI is InChI=1S/6FH.H3N.W/h6*1H;1H3;/q;;;;;;;+2/p-6. The predicted octanol–water partition coefficient (Wildman–Crippen LogP) is -17.8. The normalized spacial score (nSPS) is 0. The second kappa shape index (κ2) is 5380. The second-order valence-electron chi connectivity index (χ2n) is 0. The van der Waals surface area contributed by atoms with Crippen LogP contribution in [0.15, 0.2) is 0 Å². The Kier molecular flexibility index (Phi) is 5550000. The molecule has 0 heterocycles. The van der Waals surface area contributed by atoms with E-state index in [0.29, 0.717) is 0 Å². The van der Waals surface area contributed by atoms with Crippen LogP contribution in [0.1, 0.15) is 0 Å². The minimum atomic E-state index is 0. The minimum Gasteiger partial charge on any atom is -1.00 e. The monoisotopic (exact) mass is 315 g/mol. The summed E-state index contributed by atoms with van der Waals surface area (Å²) in [6, 6.07) is 0. The van der Waals surface area contributed by atoms with Crippen LogP contribution in [-0.4, -0.2) is 0 Å². The summed E-state index contributed by atoms with van der Waals surface area (Å²) in [5.74, 6) is 0. The van der Waals surface area contributed by atoms with Crippen molar-refractivity contribution in [1.29, 1.82) is 0 Å². The molecule has 3 N–H and O–H groups in total. The molecule has 0 aromatic rings. The molecule has 0 atom stereocenters. The summed E-state index contributed by atoms with van der Waals surface area (Å²) in [6.07, 6.45) is 0. The van der Waals surface area contributed by atoms with Gasteiger partial charge in [-0.25, -0.2) is 0 Å². The van der Waals surface area contributed by atoms with Crippen LogP contribution in [0.25, 0.3) is 0 Å². The molecule has 0 bridgehead atoms. The van der Waals surface area contributed by atoms with Gasteiger partial charge in [0.25, 0.3) is 0 Å². The van der Waals surface area contributed by atoms with Crippen LogP contribution in [0.3, 0.4) is 0 Å². The van der Waals surface area contributed by atoms with Crippen molar-refractivity contribution < 1.29 is 49.3 Å². The maximum absolute atomic E-state index is 0. The van der Waals surface area contributed by atoms with E-state index in [2.05, 4.69) is 0 Å². The number of halogens is 6. The summed E-state index contributed by atoms with van der Waals surface area (Å²) >= 11 is 0. The molecule has 0 radical (unpaired) electrons. The molecule has 0 unspecified atom stereocenters. The number of hydrogen-bond acceptors (Lipinski definition) is 1. The van der Waals surface area contributed by atoms with E-state index < -0.39 is 0 Å². The van der Waals surface area contributed by atoms with Crippen molar-refractivity contribution in [3.8, 4) is 0 Å². The van der Waals surface area contributed by atoms with Gasteiger partial charge in [0.2, 0.25) is 0 Å². The van der Waals surface area contributed by atoms with Crippen LogP contribution in [0, 0.1) is 0 Å². The number of rotatable bonds is 0. The SMILES string of the molecule is N.[F-].[F-].[F-].[F-].[F-].[F-].[W+2]. The van der Waals surface area contributed by atoms with E-state index in [1.165, 1.54) is 0 Å². The van der Waals surface area contributed by atoms with Gasteiger partial charge in [-0.15, -0.1) is 0 Å². The molecule has 0 amide bonds. The Hall–Kier alpha value is 0.228. The van der Waals surface area contributed by atoms with E-state index in [9.17, 15) is 0 Å². The van der Waals surface area contributed by atoms with Crippen LogP contribution >= 0.6 is 0 Å². The van der Waals surface area contributed by atoms with Gasteiger partial charge >= 0.3 is 21.1 Å². The summed E-state index contributed by atoms with van der Waals surface area (Å²) in [4.78, 5) is 0. The van der Waals surface area contributed by atoms with E-state index in [0.717, 1.165) is 0 Å². The summed E-state index contributed by atoms with van der Waals surface area (Å²) in [5, 5.41) is 0. The summed E-state index contributed by atoms with van der Waals surface area (Å²) in [6.45, 7) is 0. The summed E-state index contributed by atoms with van der Waals surface area (Å²) in [7, 11) is 0. The molecule has 8 heavy (non-hydrogen) atoms. The van der Waals surface area contributed by atoms with E-state index in [1.807, 2.05) is 0 Å². The molecule has 1 nitrogen and oxygen atoms in total. The van der Waals surface area contributed by atoms with Crippen molar-refractivity contribution >= 4 is 0 Å². The topological polar surface area (TPSA) is 35.0 Å². The van der Waals surface area contributed by atoms with Crippen LogP contribution in [0.4, 0.5) is 0 Å². The minimum absolute atomic E-state index is 0. The number of hydrogen-bond donors (Lipinski definition) is 1. The molecule has 0 aromatic heterocycles. The van der Waals surface area contributed by atoms with Gasteiger partial charge in [-0.3, -0.25) is 0 Å². The van der Waals surface area contributed by atoms with E-state index >= 15 is 0 Å². The van der Waals surface area contributed by atoms with Crippen molar-refractivity contribution in [2.24, 2.45) is 0 Å².